The number of alkyl halides is 3. The summed E-state index contributed by atoms with van der Waals surface area (Å²) in [5, 5.41) is 12.9. The van der Waals surface area contributed by atoms with Crippen LogP contribution in [0, 0.1) is 0 Å². The zero-order valence-corrected chi connectivity index (χ0v) is 12.2. The van der Waals surface area contributed by atoms with Gasteiger partial charge < -0.3 is 10.4 Å². The summed E-state index contributed by atoms with van der Waals surface area (Å²) in [6.45, 7) is 0.0434. The van der Waals surface area contributed by atoms with Crippen molar-refractivity contribution >= 4 is 11.6 Å². The first-order chi connectivity index (χ1) is 10.4. The molecule has 1 aromatic carbocycles. The highest BCUT2D eigenvalue weighted by molar-refractivity contribution is 6.31. The van der Waals surface area contributed by atoms with Gasteiger partial charge in [-0.2, -0.15) is 13.2 Å². The van der Waals surface area contributed by atoms with E-state index in [1.807, 2.05) is 0 Å². The van der Waals surface area contributed by atoms with Crippen LogP contribution >= 0.6 is 11.6 Å². The maximum atomic E-state index is 12.5. The average molecular weight is 331 g/mol. The number of nitrogens with zero attached hydrogens (tertiary/aromatic N) is 1. The Kier molecular flexibility index (Phi) is 5.39. The van der Waals surface area contributed by atoms with Crippen molar-refractivity contribution in [2.75, 3.05) is 6.61 Å². The number of nitrogens with one attached hydrogen (secondary N) is 1. The minimum absolute atomic E-state index is 0.254. The lowest BCUT2D eigenvalue weighted by atomic mass is 10.0. The molecular formula is C15H14ClF3N2O. The molecule has 1 unspecified atom stereocenters. The van der Waals surface area contributed by atoms with Gasteiger partial charge in [0.25, 0.3) is 0 Å². The van der Waals surface area contributed by atoms with E-state index in [2.05, 4.69) is 10.3 Å². The molecule has 0 aliphatic rings. The topological polar surface area (TPSA) is 45.1 Å². The van der Waals surface area contributed by atoms with Gasteiger partial charge in [-0.25, -0.2) is 0 Å². The second-order valence-corrected chi connectivity index (χ2v) is 5.07. The Morgan fingerprint density at radius 3 is 2.41 bits per heavy atom. The molecule has 0 spiro atoms. The fourth-order valence-electron chi connectivity index (χ4n) is 1.96. The number of aromatic nitrogens is 1. The van der Waals surface area contributed by atoms with Crippen LogP contribution in [0.1, 0.15) is 22.9 Å². The summed E-state index contributed by atoms with van der Waals surface area (Å²) in [4.78, 5) is 4.10. The van der Waals surface area contributed by atoms with Crippen LogP contribution in [0.15, 0.2) is 42.6 Å². The molecule has 0 saturated heterocycles. The van der Waals surface area contributed by atoms with E-state index < -0.39 is 17.8 Å². The van der Waals surface area contributed by atoms with Gasteiger partial charge >= 0.3 is 6.18 Å². The molecule has 0 amide bonds. The Morgan fingerprint density at radius 2 is 1.86 bits per heavy atom. The normalized spacial score (nSPS) is 13.1. The van der Waals surface area contributed by atoms with E-state index in [-0.39, 0.29) is 6.61 Å². The van der Waals surface area contributed by atoms with Crippen LogP contribution in [-0.4, -0.2) is 16.7 Å². The molecule has 1 heterocycles. The Bertz CT molecular complexity index is 617. The van der Waals surface area contributed by atoms with Crippen molar-refractivity contribution in [3.8, 4) is 0 Å². The van der Waals surface area contributed by atoms with E-state index in [0.29, 0.717) is 22.8 Å². The number of benzene rings is 1. The standard InChI is InChI=1S/C15H14ClF3N2O/c16-12-2-1-7-20-13(12)8-21-14(9-22)10-3-5-11(6-4-10)15(17,18)19/h1-7,14,21-22H,8-9H2. The molecule has 2 aromatic rings. The molecular weight excluding hydrogens is 317 g/mol. The number of halogens is 4. The van der Waals surface area contributed by atoms with Gasteiger partial charge in [0.1, 0.15) is 0 Å². The maximum Gasteiger partial charge on any atom is 0.416 e. The number of hydrogen-bond donors (Lipinski definition) is 2. The molecule has 0 aliphatic heterocycles. The highest BCUT2D eigenvalue weighted by Gasteiger charge is 2.30. The lowest BCUT2D eigenvalue weighted by Crippen LogP contribution is -2.24. The van der Waals surface area contributed by atoms with E-state index in [4.69, 9.17) is 11.6 Å². The Balaban J connectivity index is 2.07. The van der Waals surface area contributed by atoms with Crippen LogP contribution < -0.4 is 5.32 Å². The highest BCUT2D eigenvalue weighted by Crippen LogP contribution is 2.30. The quantitative estimate of drug-likeness (QED) is 0.881. The van der Waals surface area contributed by atoms with Crippen LogP contribution in [0.4, 0.5) is 13.2 Å². The summed E-state index contributed by atoms with van der Waals surface area (Å²) in [7, 11) is 0. The van der Waals surface area contributed by atoms with Crippen LogP contribution in [-0.2, 0) is 12.7 Å². The predicted molar refractivity (Wildman–Crippen MR) is 77.4 cm³/mol. The smallest absolute Gasteiger partial charge is 0.394 e. The molecule has 22 heavy (non-hydrogen) atoms. The van der Waals surface area contributed by atoms with Crippen molar-refractivity contribution in [2.45, 2.75) is 18.8 Å². The Hall–Kier alpha value is -1.63. The van der Waals surface area contributed by atoms with E-state index in [0.717, 1.165) is 12.1 Å². The summed E-state index contributed by atoms with van der Waals surface area (Å²) in [5.41, 5.74) is 0.442. The Labute approximate surface area is 130 Å². The van der Waals surface area contributed by atoms with Crippen LogP contribution in [0.3, 0.4) is 0 Å². The highest BCUT2D eigenvalue weighted by atomic mass is 35.5. The molecule has 0 radical (unpaired) electrons. The summed E-state index contributed by atoms with van der Waals surface area (Å²) in [6.07, 6.45) is -2.78. The number of rotatable bonds is 5. The van der Waals surface area contributed by atoms with Crippen molar-refractivity contribution < 1.29 is 18.3 Å². The van der Waals surface area contributed by atoms with Gasteiger partial charge in [0.05, 0.1) is 28.9 Å². The lowest BCUT2D eigenvalue weighted by Gasteiger charge is -2.17. The lowest BCUT2D eigenvalue weighted by molar-refractivity contribution is -0.137. The van der Waals surface area contributed by atoms with Gasteiger partial charge in [0.15, 0.2) is 0 Å². The molecule has 0 fully saturated rings. The third kappa shape index (κ3) is 4.19. The van der Waals surface area contributed by atoms with Crippen molar-refractivity contribution in [3.05, 3.63) is 64.4 Å². The molecule has 3 nitrogen and oxygen atoms in total. The fraction of sp³-hybridized carbons (Fsp3) is 0.267. The number of aliphatic hydroxyl groups excluding tert-OH is 1. The molecule has 1 aromatic heterocycles. The number of hydrogen-bond acceptors (Lipinski definition) is 3. The first-order valence-corrected chi connectivity index (χ1v) is 6.90. The summed E-state index contributed by atoms with van der Waals surface area (Å²) in [6, 6.07) is 7.57. The SMILES string of the molecule is OCC(NCc1ncccc1Cl)c1ccc(C(F)(F)F)cc1. The van der Waals surface area contributed by atoms with Gasteiger partial charge in [-0.3, -0.25) is 4.98 Å². The third-order valence-corrected chi connectivity index (χ3v) is 3.52. The molecule has 1 atom stereocenters. The van der Waals surface area contributed by atoms with Crippen molar-refractivity contribution in [3.63, 3.8) is 0 Å². The van der Waals surface area contributed by atoms with Crippen LogP contribution in [0.25, 0.3) is 0 Å². The number of pyridine rings is 1. The monoisotopic (exact) mass is 330 g/mol. The average Bonchev–Trinajstić information content (AvgIpc) is 2.49. The van der Waals surface area contributed by atoms with Gasteiger partial charge in [-0.1, -0.05) is 23.7 Å². The molecule has 2 N–H and O–H groups in total. The molecule has 7 heteroatoms. The predicted octanol–water partition coefficient (Wildman–Crippen LogP) is 3.58. The minimum Gasteiger partial charge on any atom is -0.394 e. The van der Waals surface area contributed by atoms with Crippen LogP contribution in [0.2, 0.25) is 5.02 Å². The molecule has 0 saturated carbocycles. The minimum atomic E-state index is -4.37. The molecule has 118 valence electrons. The molecule has 2 rings (SSSR count). The zero-order valence-electron chi connectivity index (χ0n) is 11.4. The van der Waals surface area contributed by atoms with E-state index >= 15 is 0 Å². The van der Waals surface area contributed by atoms with Crippen molar-refractivity contribution in [1.29, 1.82) is 0 Å². The van der Waals surface area contributed by atoms with Gasteiger partial charge in [-0.05, 0) is 29.8 Å². The zero-order chi connectivity index (χ0) is 16.2. The fourth-order valence-corrected chi connectivity index (χ4v) is 2.15. The molecule has 0 bridgehead atoms. The number of aliphatic hydroxyl groups is 1. The molecule has 0 aliphatic carbocycles. The summed E-state index contributed by atoms with van der Waals surface area (Å²) >= 11 is 5.98. The largest absolute Gasteiger partial charge is 0.416 e. The summed E-state index contributed by atoms with van der Waals surface area (Å²) < 4.78 is 37.6. The van der Waals surface area contributed by atoms with Crippen LogP contribution in [0.5, 0.6) is 0 Å². The van der Waals surface area contributed by atoms with E-state index in [9.17, 15) is 18.3 Å². The van der Waals surface area contributed by atoms with E-state index in [1.165, 1.54) is 12.1 Å². The van der Waals surface area contributed by atoms with Gasteiger partial charge in [0, 0.05) is 12.7 Å². The van der Waals surface area contributed by atoms with Crippen molar-refractivity contribution in [1.82, 2.24) is 10.3 Å². The second-order valence-electron chi connectivity index (χ2n) is 4.67. The second kappa shape index (κ2) is 7.09. The maximum absolute atomic E-state index is 12.5. The third-order valence-electron chi connectivity index (χ3n) is 3.17. The van der Waals surface area contributed by atoms with E-state index in [1.54, 1.807) is 18.3 Å². The first kappa shape index (κ1) is 16.7. The van der Waals surface area contributed by atoms with Gasteiger partial charge in [0.2, 0.25) is 0 Å². The van der Waals surface area contributed by atoms with Crippen molar-refractivity contribution in [2.24, 2.45) is 0 Å². The Morgan fingerprint density at radius 1 is 1.18 bits per heavy atom. The summed E-state index contributed by atoms with van der Waals surface area (Å²) in [5.74, 6) is 0. The first-order valence-electron chi connectivity index (χ1n) is 6.52. The van der Waals surface area contributed by atoms with Gasteiger partial charge in [-0.15, -0.1) is 0 Å².